The molecule has 14 heavy (non-hydrogen) atoms. The highest BCUT2D eigenvalue weighted by Crippen LogP contribution is 2.27. The molecule has 82 valence electrons. The van der Waals surface area contributed by atoms with E-state index in [1.165, 1.54) is 19.4 Å². The first-order chi connectivity index (χ1) is 6.59. The molecule has 3 atom stereocenters. The molecule has 2 heterocycles. The number of nitrogens with zero attached hydrogens (tertiary/aromatic N) is 1. The summed E-state index contributed by atoms with van der Waals surface area (Å²) in [7, 11) is 2.22. The van der Waals surface area contributed by atoms with Crippen LogP contribution < -0.4 is 5.32 Å². The predicted octanol–water partition coefficient (Wildman–Crippen LogP) is 1.20. The molecule has 3 nitrogen and oxygen atoms in total. The van der Waals surface area contributed by atoms with Gasteiger partial charge in [-0.05, 0) is 40.3 Å². The van der Waals surface area contributed by atoms with E-state index in [4.69, 9.17) is 4.74 Å². The molecule has 0 aromatic heterocycles. The summed E-state index contributed by atoms with van der Waals surface area (Å²) in [6.07, 6.45) is 3.78. The van der Waals surface area contributed by atoms with Crippen molar-refractivity contribution >= 4 is 0 Å². The molecule has 0 amide bonds. The van der Waals surface area contributed by atoms with Gasteiger partial charge in [-0.1, -0.05) is 0 Å². The zero-order valence-corrected chi connectivity index (χ0v) is 9.55. The van der Waals surface area contributed by atoms with Crippen molar-refractivity contribution in [1.29, 1.82) is 0 Å². The van der Waals surface area contributed by atoms with Crippen molar-refractivity contribution in [2.45, 2.75) is 50.9 Å². The lowest BCUT2D eigenvalue weighted by Crippen LogP contribution is -2.45. The molecule has 2 fully saturated rings. The van der Waals surface area contributed by atoms with Crippen molar-refractivity contribution in [3.05, 3.63) is 0 Å². The van der Waals surface area contributed by atoms with Crippen molar-refractivity contribution in [3.8, 4) is 0 Å². The van der Waals surface area contributed by atoms with Crippen molar-refractivity contribution in [3.63, 3.8) is 0 Å². The first kappa shape index (κ1) is 10.4. The maximum absolute atomic E-state index is 5.83. The molecule has 0 aliphatic carbocycles. The molecule has 0 bridgehead atoms. The van der Waals surface area contributed by atoms with Crippen LogP contribution in [-0.4, -0.2) is 42.9 Å². The van der Waals surface area contributed by atoms with Gasteiger partial charge in [0.25, 0.3) is 0 Å². The Balaban J connectivity index is 1.90. The lowest BCUT2D eigenvalue weighted by Gasteiger charge is -2.30. The average Bonchev–Trinajstić information content (AvgIpc) is 2.62. The summed E-state index contributed by atoms with van der Waals surface area (Å²) >= 11 is 0. The highest BCUT2D eigenvalue weighted by molar-refractivity contribution is 4.89. The lowest BCUT2D eigenvalue weighted by molar-refractivity contribution is -0.0157. The Morgan fingerprint density at radius 2 is 2.36 bits per heavy atom. The molecule has 0 saturated carbocycles. The SMILES string of the molecule is CC1COC(C)(CC2CCCN2C)N1. The van der Waals surface area contributed by atoms with E-state index in [1.807, 2.05) is 0 Å². The quantitative estimate of drug-likeness (QED) is 0.721. The Bertz CT molecular complexity index is 209. The summed E-state index contributed by atoms with van der Waals surface area (Å²) < 4.78 is 5.83. The summed E-state index contributed by atoms with van der Waals surface area (Å²) in [5.74, 6) is 0. The van der Waals surface area contributed by atoms with Gasteiger partial charge in [0.05, 0.1) is 6.61 Å². The van der Waals surface area contributed by atoms with Gasteiger partial charge in [-0.15, -0.1) is 0 Å². The van der Waals surface area contributed by atoms with Gasteiger partial charge >= 0.3 is 0 Å². The van der Waals surface area contributed by atoms with Gasteiger partial charge < -0.3 is 9.64 Å². The molecule has 0 radical (unpaired) electrons. The summed E-state index contributed by atoms with van der Waals surface area (Å²) in [5, 5.41) is 3.53. The van der Waals surface area contributed by atoms with Gasteiger partial charge in [0, 0.05) is 18.5 Å². The van der Waals surface area contributed by atoms with Crippen molar-refractivity contribution < 1.29 is 4.74 Å². The first-order valence-electron chi connectivity index (χ1n) is 5.71. The fourth-order valence-corrected chi connectivity index (χ4v) is 2.72. The van der Waals surface area contributed by atoms with Crippen LogP contribution in [0.4, 0.5) is 0 Å². The standard InChI is InChI=1S/C11H22N2O/c1-9-8-14-11(2,12-9)7-10-5-4-6-13(10)3/h9-10,12H,4-8H2,1-3H3. The minimum absolute atomic E-state index is 0.0807. The van der Waals surface area contributed by atoms with Gasteiger partial charge in [0.2, 0.25) is 0 Å². The predicted molar refractivity (Wildman–Crippen MR) is 57.2 cm³/mol. The topological polar surface area (TPSA) is 24.5 Å². The third-order valence-electron chi connectivity index (χ3n) is 3.50. The Kier molecular flexibility index (Phi) is 2.82. The number of nitrogens with one attached hydrogen (secondary N) is 1. The summed E-state index contributed by atoms with van der Waals surface area (Å²) in [6.45, 7) is 6.47. The second-order valence-corrected chi connectivity index (χ2v) is 5.07. The number of hydrogen-bond donors (Lipinski definition) is 1. The molecule has 3 heteroatoms. The van der Waals surface area contributed by atoms with Crippen LogP contribution in [0.1, 0.15) is 33.1 Å². The van der Waals surface area contributed by atoms with Gasteiger partial charge in [0.15, 0.2) is 0 Å². The molecule has 0 spiro atoms. The van der Waals surface area contributed by atoms with Crippen LogP contribution in [0.5, 0.6) is 0 Å². The van der Waals surface area contributed by atoms with Crippen LogP contribution in [0.3, 0.4) is 0 Å². The van der Waals surface area contributed by atoms with E-state index in [2.05, 4.69) is 31.1 Å². The molecule has 0 aromatic carbocycles. The third-order valence-corrected chi connectivity index (χ3v) is 3.50. The molecule has 3 unspecified atom stereocenters. The second-order valence-electron chi connectivity index (χ2n) is 5.07. The molecular formula is C11H22N2O. The van der Waals surface area contributed by atoms with Crippen LogP contribution in [0.25, 0.3) is 0 Å². The highest BCUT2D eigenvalue weighted by atomic mass is 16.5. The number of ether oxygens (including phenoxy) is 1. The van der Waals surface area contributed by atoms with E-state index in [-0.39, 0.29) is 5.72 Å². The lowest BCUT2D eigenvalue weighted by atomic mass is 10.0. The highest BCUT2D eigenvalue weighted by Gasteiger charge is 2.37. The van der Waals surface area contributed by atoms with Crippen LogP contribution in [0.2, 0.25) is 0 Å². The van der Waals surface area contributed by atoms with E-state index in [0.717, 1.165) is 13.0 Å². The van der Waals surface area contributed by atoms with E-state index >= 15 is 0 Å². The largest absolute Gasteiger partial charge is 0.359 e. The van der Waals surface area contributed by atoms with E-state index < -0.39 is 0 Å². The first-order valence-corrected chi connectivity index (χ1v) is 5.71. The summed E-state index contributed by atoms with van der Waals surface area (Å²) in [6, 6.07) is 1.21. The van der Waals surface area contributed by atoms with Crippen LogP contribution in [-0.2, 0) is 4.74 Å². The molecule has 2 aliphatic rings. The second kappa shape index (κ2) is 3.80. The minimum atomic E-state index is -0.0807. The maximum Gasteiger partial charge on any atom is 0.118 e. The fraction of sp³-hybridized carbons (Fsp3) is 1.00. The number of hydrogen-bond acceptors (Lipinski definition) is 3. The summed E-state index contributed by atoms with van der Waals surface area (Å²) in [5.41, 5.74) is -0.0807. The summed E-state index contributed by atoms with van der Waals surface area (Å²) in [4.78, 5) is 2.46. The van der Waals surface area contributed by atoms with Gasteiger partial charge in [-0.25, -0.2) is 0 Å². The van der Waals surface area contributed by atoms with Crippen molar-refractivity contribution in [1.82, 2.24) is 10.2 Å². The van der Waals surface area contributed by atoms with E-state index in [9.17, 15) is 0 Å². The molecule has 2 rings (SSSR count). The van der Waals surface area contributed by atoms with Crippen LogP contribution in [0, 0.1) is 0 Å². The molecule has 2 aliphatic heterocycles. The monoisotopic (exact) mass is 198 g/mol. The smallest absolute Gasteiger partial charge is 0.118 e. The Labute approximate surface area is 86.8 Å². The molecular weight excluding hydrogens is 176 g/mol. The van der Waals surface area contributed by atoms with Crippen molar-refractivity contribution in [2.24, 2.45) is 0 Å². The molecule has 0 aromatic rings. The molecule has 1 N–H and O–H groups in total. The average molecular weight is 198 g/mol. The van der Waals surface area contributed by atoms with E-state index in [1.54, 1.807) is 0 Å². The Morgan fingerprint density at radius 1 is 1.57 bits per heavy atom. The van der Waals surface area contributed by atoms with Gasteiger partial charge in [0.1, 0.15) is 5.72 Å². The van der Waals surface area contributed by atoms with Gasteiger partial charge in [-0.3, -0.25) is 5.32 Å². The Hall–Kier alpha value is -0.120. The van der Waals surface area contributed by atoms with Crippen LogP contribution >= 0.6 is 0 Å². The number of likely N-dealkylation sites (tertiary alicyclic amines) is 1. The third kappa shape index (κ3) is 2.10. The van der Waals surface area contributed by atoms with Gasteiger partial charge in [-0.2, -0.15) is 0 Å². The zero-order valence-electron chi connectivity index (χ0n) is 9.55. The maximum atomic E-state index is 5.83. The molecule has 2 saturated heterocycles. The Morgan fingerprint density at radius 3 is 2.86 bits per heavy atom. The zero-order chi connectivity index (χ0) is 10.2. The minimum Gasteiger partial charge on any atom is -0.359 e. The number of rotatable bonds is 2. The van der Waals surface area contributed by atoms with Crippen molar-refractivity contribution in [2.75, 3.05) is 20.2 Å². The van der Waals surface area contributed by atoms with E-state index in [0.29, 0.717) is 12.1 Å². The normalized spacial score (nSPS) is 44.8. The fourth-order valence-electron chi connectivity index (χ4n) is 2.72. The van der Waals surface area contributed by atoms with Crippen LogP contribution in [0.15, 0.2) is 0 Å².